The molecule has 24 heavy (non-hydrogen) atoms. The molecule has 0 fully saturated rings. The number of aromatic nitrogens is 1. The molecule has 1 amide bonds. The number of nitrogens with one attached hydrogen (secondary N) is 1. The molecule has 0 aliphatic carbocycles. The van der Waals surface area contributed by atoms with Crippen LogP contribution >= 0.6 is 23.2 Å². The Labute approximate surface area is 145 Å². The van der Waals surface area contributed by atoms with Crippen molar-refractivity contribution in [1.82, 2.24) is 4.98 Å². The van der Waals surface area contributed by atoms with E-state index in [1.165, 1.54) is 30.5 Å². The van der Waals surface area contributed by atoms with Gasteiger partial charge in [-0.3, -0.25) is 14.9 Å². The summed E-state index contributed by atoms with van der Waals surface area (Å²) in [5, 5.41) is 13.6. The van der Waals surface area contributed by atoms with Gasteiger partial charge >= 0.3 is 5.97 Å². The molecular formula is C14H9Cl2N3O5. The van der Waals surface area contributed by atoms with Crippen molar-refractivity contribution in [2.24, 2.45) is 0 Å². The number of carbonyl (C=O) groups excluding carboxylic acids is 2. The Hall–Kier alpha value is -2.71. The van der Waals surface area contributed by atoms with Gasteiger partial charge in [0.25, 0.3) is 11.6 Å². The first-order chi connectivity index (χ1) is 11.4. The minimum absolute atomic E-state index is 0.0489. The number of amides is 1. The lowest BCUT2D eigenvalue weighted by Gasteiger charge is -2.07. The van der Waals surface area contributed by atoms with Crippen molar-refractivity contribution in [3.05, 3.63) is 62.3 Å². The number of esters is 1. The highest BCUT2D eigenvalue weighted by Gasteiger charge is 2.21. The second-order valence-electron chi connectivity index (χ2n) is 4.38. The van der Waals surface area contributed by atoms with E-state index in [1.807, 2.05) is 0 Å². The fraction of sp³-hybridized carbons (Fsp3) is 0.0714. The zero-order chi connectivity index (χ0) is 17.7. The first-order valence-corrected chi connectivity index (χ1v) is 7.15. The van der Waals surface area contributed by atoms with E-state index in [1.54, 1.807) is 0 Å². The monoisotopic (exact) mass is 369 g/mol. The van der Waals surface area contributed by atoms with Crippen LogP contribution in [-0.2, 0) is 9.53 Å². The van der Waals surface area contributed by atoms with Crippen LogP contribution in [0.5, 0.6) is 0 Å². The summed E-state index contributed by atoms with van der Waals surface area (Å²) in [7, 11) is 0. The number of hydrogen-bond donors (Lipinski definition) is 1. The Balaban J connectivity index is 1.99. The van der Waals surface area contributed by atoms with Crippen molar-refractivity contribution >= 4 is 46.6 Å². The van der Waals surface area contributed by atoms with E-state index in [4.69, 9.17) is 27.9 Å². The van der Waals surface area contributed by atoms with E-state index in [0.29, 0.717) is 5.02 Å². The van der Waals surface area contributed by atoms with E-state index in [2.05, 4.69) is 10.3 Å². The van der Waals surface area contributed by atoms with Crippen LogP contribution in [0, 0.1) is 10.1 Å². The molecular weight excluding hydrogens is 361 g/mol. The Morgan fingerprint density at radius 1 is 1.29 bits per heavy atom. The Morgan fingerprint density at radius 3 is 2.67 bits per heavy atom. The number of benzene rings is 1. The molecule has 0 radical (unpaired) electrons. The van der Waals surface area contributed by atoms with Gasteiger partial charge in [0, 0.05) is 12.3 Å². The van der Waals surface area contributed by atoms with Gasteiger partial charge in [0.15, 0.2) is 12.4 Å². The highest BCUT2D eigenvalue weighted by atomic mass is 35.5. The first kappa shape index (κ1) is 17.6. The lowest BCUT2D eigenvalue weighted by atomic mass is 10.2. The van der Waals surface area contributed by atoms with Crippen molar-refractivity contribution in [3.63, 3.8) is 0 Å². The summed E-state index contributed by atoms with van der Waals surface area (Å²) >= 11 is 11.5. The zero-order valence-electron chi connectivity index (χ0n) is 11.9. The maximum atomic E-state index is 11.9. The SMILES string of the molecule is O=C(COC(=O)c1ccccc1[N+](=O)[O-])Nc1ncc(Cl)cc1Cl. The third-order valence-corrected chi connectivity index (χ3v) is 3.22. The maximum absolute atomic E-state index is 11.9. The predicted octanol–water partition coefficient (Wildman–Crippen LogP) is 3.09. The highest BCUT2D eigenvalue weighted by Crippen LogP contribution is 2.22. The number of nitro groups is 1. The number of anilines is 1. The average Bonchev–Trinajstić information content (AvgIpc) is 2.55. The molecule has 1 heterocycles. The molecule has 0 atom stereocenters. The summed E-state index contributed by atoms with van der Waals surface area (Å²) in [5.74, 6) is -1.65. The molecule has 0 aliphatic heterocycles. The summed E-state index contributed by atoms with van der Waals surface area (Å²) in [6, 6.07) is 6.63. The third-order valence-electron chi connectivity index (χ3n) is 2.72. The molecule has 0 aliphatic rings. The molecule has 0 unspecified atom stereocenters. The number of nitro benzene ring substituents is 1. The van der Waals surface area contributed by atoms with E-state index in [9.17, 15) is 19.7 Å². The maximum Gasteiger partial charge on any atom is 0.345 e. The Kier molecular flexibility index (Phi) is 5.67. The molecule has 0 saturated heterocycles. The van der Waals surface area contributed by atoms with Crippen LogP contribution in [0.2, 0.25) is 10.0 Å². The molecule has 2 rings (SSSR count). The van der Waals surface area contributed by atoms with Gasteiger partial charge < -0.3 is 10.1 Å². The second kappa shape index (κ2) is 7.71. The number of halogens is 2. The van der Waals surface area contributed by atoms with Crippen LogP contribution in [0.3, 0.4) is 0 Å². The molecule has 0 saturated carbocycles. The largest absolute Gasteiger partial charge is 0.452 e. The van der Waals surface area contributed by atoms with E-state index < -0.39 is 29.1 Å². The van der Waals surface area contributed by atoms with Gasteiger partial charge in [0.1, 0.15) is 5.56 Å². The van der Waals surface area contributed by atoms with E-state index in [-0.39, 0.29) is 16.4 Å². The lowest BCUT2D eigenvalue weighted by Crippen LogP contribution is -2.22. The van der Waals surface area contributed by atoms with Crippen LogP contribution in [0.1, 0.15) is 10.4 Å². The van der Waals surface area contributed by atoms with Crippen LogP contribution in [-0.4, -0.2) is 28.4 Å². The molecule has 2 aromatic rings. The summed E-state index contributed by atoms with van der Waals surface area (Å²) in [6.07, 6.45) is 1.28. The van der Waals surface area contributed by atoms with E-state index >= 15 is 0 Å². The number of para-hydroxylation sites is 1. The number of hydrogen-bond acceptors (Lipinski definition) is 6. The molecule has 1 aromatic heterocycles. The van der Waals surface area contributed by atoms with Crippen LogP contribution < -0.4 is 5.32 Å². The summed E-state index contributed by atoms with van der Waals surface area (Å²) in [4.78, 5) is 37.6. The molecule has 124 valence electrons. The minimum atomic E-state index is -0.993. The fourth-order valence-electron chi connectivity index (χ4n) is 1.69. The van der Waals surface area contributed by atoms with Crippen LogP contribution in [0.25, 0.3) is 0 Å². The van der Waals surface area contributed by atoms with Crippen molar-refractivity contribution in [2.75, 3.05) is 11.9 Å². The molecule has 0 spiro atoms. The van der Waals surface area contributed by atoms with Crippen molar-refractivity contribution in [3.8, 4) is 0 Å². The van der Waals surface area contributed by atoms with Gasteiger partial charge in [0.05, 0.1) is 15.0 Å². The highest BCUT2D eigenvalue weighted by molar-refractivity contribution is 6.36. The second-order valence-corrected chi connectivity index (χ2v) is 5.23. The quantitative estimate of drug-likeness (QED) is 0.492. The smallest absolute Gasteiger partial charge is 0.345 e. The van der Waals surface area contributed by atoms with Gasteiger partial charge in [-0.25, -0.2) is 9.78 Å². The average molecular weight is 370 g/mol. The van der Waals surface area contributed by atoms with E-state index in [0.717, 1.165) is 6.07 Å². The normalized spacial score (nSPS) is 10.1. The number of rotatable bonds is 5. The molecule has 1 aromatic carbocycles. The van der Waals surface area contributed by atoms with Crippen LogP contribution in [0.15, 0.2) is 36.5 Å². The minimum Gasteiger partial charge on any atom is -0.452 e. The molecule has 10 heteroatoms. The number of carbonyl (C=O) groups is 2. The summed E-state index contributed by atoms with van der Waals surface area (Å²) in [6.45, 7) is -0.661. The molecule has 1 N–H and O–H groups in total. The van der Waals surface area contributed by atoms with Crippen molar-refractivity contribution in [1.29, 1.82) is 0 Å². The lowest BCUT2D eigenvalue weighted by molar-refractivity contribution is -0.385. The molecule has 8 nitrogen and oxygen atoms in total. The number of nitrogens with zero attached hydrogens (tertiary/aromatic N) is 2. The molecule has 0 bridgehead atoms. The van der Waals surface area contributed by atoms with Crippen LogP contribution in [0.4, 0.5) is 11.5 Å². The summed E-state index contributed by atoms with van der Waals surface area (Å²) < 4.78 is 4.76. The van der Waals surface area contributed by atoms with Gasteiger partial charge in [-0.2, -0.15) is 0 Å². The van der Waals surface area contributed by atoms with Gasteiger partial charge in [0.2, 0.25) is 0 Å². The van der Waals surface area contributed by atoms with Crippen molar-refractivity contribution in [2.45, 2.75) is 0 Å². The van der Waals surface area contributed by atoms with Gasteiger partial charge in [-0.1, -0.05) is 35.3 Å². The standard InChI is InChI=1S/C14H9Cl2N3O5/c15-8-5-10(16)13(17-6-8)18-12(20)7-24-14(21)9-3-1-2-4-11(9)19(22)23/h1-6H,7H2,(H,17,18,20). The zero-order valence-corrected chi connectivity index (χ0v) is 13.4. The topological polar surface area (TPSA) is 111 Å². The predicted molar refractivity (Wildman–Crippen MR) is 86.3 cm³/mol. The fourth-order valence-corrected chi connectivity index (χ4v) is 2.12. The Bertz CT molecular complexity index is 813. The van der Waals surface area contributed by atoms with Crippen molar-refractivity contribution < 1.29 is 19.2 Å². The van der Waals surface area contributed by atoms with Gasteiger partial charge in [-0.05, 0) is 12.1 Å². The third kappa shape index (κ3) is 4.40. The Morgan fingerprint density at radius 2 is 2.00 bits per heavy atom. The summed E-state index contributed by atoms with van der Waals surface area (Å²) in [5.41, 5.74) is -0.664. The number of pyridine rings is 1. The van der Waals surface area contributed by atoms with Gasteiger partial charge in [-0.15, -0.1) is 0 Å². The number of ether oxygens (including phenoxy) is 1. The first-order valence-electron chi connectivity index (χ1n) is 6.40.